The molecule has 0 heterocycles. The second kappa shape index (κ2) is 7.51. The lowest BCUT2D eigenvalue weighted by molar-refractivity contribution is 0.314. The zero-order valence-corrected chi connectivity index (χ0v) is 9.35. The predicted octanol–water partition coefficient (Wildman–Crippen LogP) is 1.60. The quantitative estimate of drug-likeness (QED) is 0.471. The van der Waals surface area contributed by atoms with Gasteiger partial charge in [0.05, 0.1) is 6.16 Å². The van der Waals surface area contributed by atoms with E-state index in [1.54, 1.807) is 0 Å². The Bertz CT molecular complexity index is 163. The van der Waals surface area contributed by atoms with Crippen molar-refractivity contribution >= 4 is 7.60 Å². The molecular formula is C8H20NO3P. The maximum Gasteiger partial charge on any atom is 0.327 e. The predicted molar refractivity (Wildman–Crippen MR) is 54.1 cm³/mol. The van der Waals surface area contributed by atoms with Crippen LogP contribution >= 0.6 is 7.60 Å². The zero-order chi connectivity index (χ0) is 10.2. The van der Waals surface area contributed by atoms with Gasteiger partial charge >= 0.3 is 7.60 Å². The van der Waals surface area contributed by atoms with Gasteiger partial charge in [-0.2, -0.15) is 0 Å². The van der Waals surface area contributed by atoms with Crippen LogP contribution in [-0.4, -0.2) is 31.3 Å². The Balaban J connectivity index is 3.21. The maximum absolute atomic E-state index is 11.0. The van der Waals surface area contributed by atoms with E-state index in [2.05, 4.69) is 16.8 Å². The van der Waals surface area contributed by atoms with Crippen molar-refractivity contribution in [3.05, 3.63) is 0 Å². The molecule has 0 aliphatic heterocycles. The van der Waals surface area contributed by atoms with Crippen LogP contribution in [0.3, 0.4) is 0 Å². The minimum atomic E-state index is -3.26. The fourth-order valence-electron chi connectivity index (χ4n) is 0.955. The number of hydrogen-bond acceptors (Lipinski definition) is 3. The summed E-state index contributed by atoms with van der Waals surface area (Å²) in [6.45, 7) is 4.04. The summed E-state index contributed by atoms with van der Waals surface area (Å²) in [6, 6.07) is 0. The Morgan fingerprint density at radius 1 is 1.38 bits per heavy atom. The van der Waals surface area contributed by atoms with E-state index in [9.17, 15) is 4.57 Å². The molecule has 0 amide bonds. The number of unbranched alkanes of at least 4 members (excludes halogenated alkanes) is 1. The SMILES string of the molecule is CCCNCCCCP(=O)(O)OC. The molecule has 0 aromatic carbocycles. The molecule has 0 aromatic rings. The molecule has 0 radical (unpaired) electrons. The Morgan fingerprint density at radius 3 is 2.62 bits per heavy atom. The van der Waals surface area contributed by atoms with Gasteiger partial charge in [0.25, 0.3) is 0 Å². The van der Waals surface area contributed by atoms with E-state index in [1.165, 1.54) is 7.11 Å². The first-order chi connectivity index (χ1) is 6.12. The van der Waals surface area contributed by atoms with Crippen LogP contribution < -0.4 is 5.32 Å². The lowest BCUT2D eigenvalue weighted by atomic mass is 10.3. The summed E-state index contributed by atoms with van der Waals surface area (Å²) < 4.78 is 15.4. The largest absolute Gasteiger partial charge is 0.327 e. The zero-order valence-electron chi connectivity index (χ0n) is 8.45. The summed E-state index contributed by atoms with van der Waals surface area (Å²) >= 11 is 0. The Labute approximate surface area is 80.2 Å². The molecular weight excluding hydrogens is 189 g/mol. The average Bonchev–Trinajstić information content (AvgIpc) is 2.11. The first kappa shape index (κ1) is 13.1. The van der Waals surface area contributed by atoms with E-state index in [1.807, 2.05) is 0 Å². The summed E-state index contributed by atoms with van der Waals surface area (Å²) in [5.41, 5.74) is 0. The van der Waals surface area contributed by atoms with E-state index >= 15 is 0 Å². The summed E-state index contributed by atoms with van der Waals surface area (Å²) in [4.78, 5) is 9.04. The van der Waals surface area contributed by atoms with Gasteiger partial charge in [-0.15, -0.1) is 0 Å². The molecule has 0 bridgehead atoms. The molecule has 0 aliphatic carbocycles. The van der Waals surface area contributed by atoms with Gasteiger partial charge in [0.15, 0.2) is 0 Å². The van der Waals surface area contributed by atoms with Crippen molar-refractivity contribution < 1.29 is 14.0 Å². The lowest BCUT2D eigenvalue weighted by Crippen LogP contribution is -2.16. The molecule has 2 N–H and O–H groups in total. The fraction of sp³-hybridized carbons (Fsp3) is 1.00. The van der Waals surface area contributed by atoms with Gasteiger partial charge in [0.2, 0.25) is 0 Å². The highest BCUT2D eigenvalue weighted by Gasteiger charge is 2.15. The molecule has 0 spiro atoms. The van der Waals surface area contributed by atoms with Gasteiger partial charge < -0.3 is 14.7 Å². The summed E-state index contributed by atoms with van der Waals surface area (Å²) in [5, 5.41) is 3.23. The molecule has 1 unspecified atom stereocenters. The van der Waals surface area contributed by atoms with Crippen LogP contribution in [0.25, 0.3) is 0 Å². The first-order valence-corrected chi connectivity index (χ1v) is 6.47. The van der Waals surface area contributed by atoms with Crippen LogP contribution in [0.5, 0.6) is 0 Å². The topological polar surface area (TPSA) is 58.6 Å². The van der Waals surface area contributed by atoms with Crippen molar-refractivity contribution in [3.8, 4) is 0 Å². The fourth-order valence-corrected chi connectivity index (χ4v) is 1.76. The van der Waals surface area contributed by atoms with Crippen molar-refractivity contribution in [1.29, 1.82) is 0 Å². The Hall–Kier alpha value is 0.110. The molecule has 0 saturated heterocycles. The second-order valence-electron chi connectivity index (χ2n) is 3.00. The van der Waals surface area contributed by atoms with Crippen molar-refractivity contribution in [1.82, 2.24) is 5.32 Å². The van der Waals surface area contributed by atoms with Crippen LogP contribution in [0.1, 0.15) is 26.2 Å². The molecule has 80 valence electrons. The second-order valence-corrected chi connectivity index (χ2v) is 5.09. The van der Waals surface area contributed by atoms with E-state index in [4.69, 9.17) is 4.89 Å². The lowest BCUT2D eigenvalue weighted by Gasteiger charge is -2.08. The highest BCUT2D eigenvalue weighted by molar-refractivity contribution is 7.52. The van der Waals surface area contributed by atoms with Crippen LogP contribution in [0.2, 0.25) is 0 Å². The highest BCUT2D eigenvalue weighted by atomic mass is 31.2. The van der Waals surface area contributed by atoms with Gasteiger partial charge in [-0.3, -0.25) is 4.57 Å². The maximum atomic E-state index is 11.0. The molecule has 5 heteroatoms. The van der Waals surface area contributed by atoms with Crippen LogP contribution in [0.15, 0.2) is 0 Å². The monoisotopic (exact) mass is 209 g/mol. The minimum Gasteiger partial charge on any atom is -0.324 e. The van der Waals surface area contributed by atoms with E-state index < -0.39 is 7.60 Å². The molecule has 1 atom stereocenters. The molecule has 0 rings (SSSR count). The van der Waals surface area contributed by atoms with Crippen molar-refractivity contribution in [2.24, 2.45) is 0 Å². The molecule has 13 heavy (non-hydrogen) atoms. The van der Waals surface area contributed by atoms with E-state index in [-0.39, 0.29) is 6.16 Å². The standard InChI is InChI=1S/C8H20NO3P/c1-3-6-9-7-4-5-8-13(10,11)12-2/h9H,3-8H2,1-2H3,(H,10,11). The molecule has 0 aromatic heterocycles. The molecule has 0 aliphatic rings. The van der Waals surface area contributed by atoms with Gasteiger partial charge in [0, 0.05) is 7.11 Å². The average molecular weight is 209 g/mol. The summed E-state index contributed by atoms with van der Waals surface area (Å²) in [7, 11) is -1.98. The van der Waals surface area contributed by atoms with Gasteiger partial charge in [-0.1, -0.05) is 6.92 Å². The molecule has 4 nitrogen and oxygen atoms in total. The first-order valence-electron chi connectivity index (χ1n) is 4.70. The van der Waals surface area contributed by atoms with Crippen molar-refractivity contribution in [2.75, 3.05) is 26.4 Å². The third kappa shape index (κ3) is 8.44. The Morgan fingerprint density at radius 2 is 2.08 bits per heavy atom. The summed E-state index contributed by atoms with van der Waals surface area (Å²) in [5.74, 6) is 0. The van der Waals surface area contributed by atoms with E-state index in [0.29, 0.717) is 0 Å². The Kier molecular flexibility index (Phi) is 7.57. The van der Waals surface area contributed by atoms with Crippen molar-refractivity contribution in [3.63, 3.8) is 0 Å². The van der Waals surface area contributed by atoms with Crippen LogP contribution in [0, 0.1) is 0 Å². The smallest absolute Gasteiger partial charge is 0.324 e. The van der Waals surface area contributed by atoms with Crippen LogP contribution in [-0.2, 0) is 9.09 Å². The molecule has 0 saturated carbocycles. The normalized spacial score (nSPS) is 15.6. The summed E-state index contributed by atoms with van der Waals surface area (Å²) in [6.07, 6.45) is 3.04. The van der Waals surface area contributed by atoms with Crippen LogP contribution in [0.4, 0.5) is 0 Å². The third-order valence-corrected chi connectivity index (χ3v) is 3.21. The number of hydrogen-bond donors (Lipinski definition) is 2. The molecule has 0 fully saturated rings. The third-order valence-electron chi connectivity index (χ3n) is 1.76. The van der Waals surface area contributed by atoms with Crippen molar-refractivity contribution in [2.45, 2.75) is 26.2 Å². The van der Waals surface area contributed by atoms with Gasteiger partial charge in [-0.25, -0.2) is 0 Å². The number of nitrogens with one attached hydrogen (secondary N) is 1. The highest BCUT2D eigenvalue weighted by Crippen LogP contribution is 2.41. The van der Waals surface area contributed by atoms with E-state index in [0.717, 1.165) is 32.4 Å². The number of rotatable bonds is 8. The van der Waals surface area contributed by atoms with Gasteiger partial charge in [-0.05, 0) is 32.4 Å². The van der Waals surface area contributed by atoms with Gasteiger partial charge in [0.1, 0.15) is 0 Å². The minimum absolute atomic E-state index is 0.261.